The van der Waals surface area contributed by atoms with Gasteiger partial charge in [-0.2, -0.15) is 0 Å². The molecule has 2 amide bonds. The number of rotatable bonds is 4. The van der Waals surface area contributed by atoms with Crippen LogP contribution in [-0.4, -0.2) is 43.5 Å². The van der Waals surface area contributed by atoms with Crippen LogP contribution in [0.4, 0.5) is 5.69 Å². The second-order valence-corrected chi connectivity index (χ2v) is 6.32. The third-order valence-corrected chi connectivity index (χ3v) is 4.11. The Morgan fingerprint density at radius 2 is 1.88 bits per heavy atom. The summed E-state index contributed by atoms with van der Waals surface area (Å²) >= 11 is 6.23. The molecule has 0 radical (unpaired) electrons. The number of likely N-dealkylation sites (N-methyl/N-ethyl adjacent to an activating group) is 1. The maximum absolute atomic E-state index is 12.6. The number of amides is 2. The predicted octanol–water partition coefficient (Wildman–Crippen LogP) is 3.21. The van der Waals surface area contributed by atoms with Gasteiger partial charge in [-0.3, -0.25) is 9.59 Å². The number of carbonyl (C=O) groups excluding carboxylic acids is 2. The summed E-state index contributed by atoms with van der Waals surface area (Å²) < 4.78 is 11.2. The van der Waals surface area contributed by atoms with Crippen molar-refractivity contribution in [1.29, 1.82) is 0 Å². The molecule has 0 saturated heterocycles. The molecular formula is C19H19ClN2O4. The van der Waals surface area contributed by atoms with Gasteiger partial charge in [0.05, 0.1) is 24.8 Å². The van der Waals surface area contributed by atoms with Crippen LogP contribution in [0.2, 0.25) is 5.02 Å². The molecule has 2 aromatic carbocycles. The lowest BCUT2D eigenvalue weighted by molar-refractivity contribution is -0.116. The van der Waals surface area contributed by atoms with Crippen LogP contribution in [0.1, 0.15) is 16.8 Å². The second kappa shape index (κ2) is 8.10. The lowest BCUT2D eigenvalue weighted by atomic mass is 10.1. The summed E-state index contributed by atoms with van der Waals surface area (Å²) in [6.45, 7) is 0.926. The van der Waals surface area contributed by atoms with Gasteiger partial charge in [-0.05, 0) is 24.3 Å². The number of anilines is 1. The number of hydrogen-bond acceptors (Lipinski definition) is 4. The lowest BCUT2D eigenvalue weighted by Crippen LogP contribution is -2.34. The number of para-hydroxylation sites is 1. The van der Waals surface area contributed by atoms with E-state index in [0.29, 0.717) is 41.0 Å². The van der Waals surface area contributed by atoms with Crippen LogP contribution >= 0.6 is 11.6 Å². The van der Waals surface area contributed by atoms with E-state index < -0.39 is 0 Å². The molecule has 1 aliphatic heterocycles. The molecule has 1 aliphatic rings. The van der Waals surface area contributed by atoms with Gasteiger partial charge in [-0.25, -0.2) is 0 Å². The molecule has 0 aromatic heterocycles. The summed E-state index contributed by atoms with van der Waals surface area (Å²) in [5.74, 6) is 0.281. The molecular weight excluding hydrogens is 356 g/mol. The Labute approximate surface area is 156 Å². The first-order chi connectivity index (χ1) is 12.5. The molecule has 1 heterocycles. The Bertz CT molecular complexity index is 811. The Kier molecular flexibility index (Phi) is 5.63. The minimum absolute atomic E-state index is 0.0835. The summed E-state index contributed by atoms with van der Waals surface area (Å²) in [6, 6.07) is 12.2. The maximum Gasteiger partial charge on any atom is 0.254 e. The van der Waals surface area contributed by atoms with E-state index in [4.69, 9.17) is 21.1 Å². The van der Waals surface area contributed by atoms with Crippen molar-refractivity contribution in [2.24, 2.45) is 0 Å². The zero-order valence-corrected chi connectivity index (χ0v) is 15.1. The highest BCUT2D eigenvalue weighted by Gasteiger charge is 2.21. The normalized spacial score (nSPS) is 12.8. The van der Waals surface area contributed by atoms with E-state index in [2.05, 4.69) is 5.32 Å². The minimum Gasteiger partial charge on any atom is -0.489 e. The summed E-state index contributed by atoms with van der Waals surface area (Å²) in [5, 5.41) is 3.06. The number of halogens is 1. The molecule has 7 heteroatoms. The van der Waals surface area contributed by atoms with E-state index in [1.54, 1.807) is 25.2 Å². The highest BCUT2D eigenvalue weighted by molar-refractivity contribution is 6.32. The molecule has 0 unspecified atom stereocenters. The molecule has 0 aliphatic carbocycles. The summed E-state index contributed by atoms with van der Waals surface area (Å²) in [6.07, 6.45) is 0.744. The molecule has 136 valence electrons. The summed E-state index contributed by atoms with van der Waals surface area (Å²) in [7, 11) is 1.56. The number of fused-ring (bicyclic) bond motifs is 1. The van der Waals surface area contributed by atoms with Gasteiger partial charge in [0.1, 0.15) is 0 Å². The largest absolute Gasteiger partial charge is 0.489 e. The number of carbonyl (C=O) groups is 2. The zero-order valence-electron chi connectivity index (χ0n) is 14.3. The average molecular weight is 375 g/mol. The molecule has 6 nitrogen and oxygen atoms in total. The van der Waals surface area contributed by atoms with Crippen molar-refractivity contribution in [3.05, 3.63) is 53.1 Å². The van der Waals surface area contributed by atoms with Crippen molar-refractivity contribution in [3.8, 4) is 11.5 Å². The van der Waals surface area contributed by atoms with Crippen LogP contribution in [0.15, 0.2) is 42.5 Å². The first kappa shape index (κ1) is 18.1. The van der Waals surface area contributed by atoms with Gasteiger partial charge in [0.15, 0.2) is 11.5 Å². The van der Waals surface area contributed by atoms with Crippen LogP contribution in [0.3, 0.4) is 0 Å². The van der Waals surface area contributed by atoms with Crippen molar-refractivity contribution in [2.45, 2.75) is 6.42 Å². The van der Waals surface area contributed by atoms with Gasteiger partial charge >= 0.3 is 0 Å². The highest BCUT2D eigenvalue weighted by atomic mass is 35.5. The topological polar surface area (TPSA) is 67.9 Å². The van der Waals surface area contributed by atoms with Crippen LogP contribution in [0.5, 0.6) is 11.5 Å². The van der Waals surface area contributed by atoms with Gasteiger partial charge in [0.2, 0.25) is 5.91 Å². The van der Waals surface area contributed by atoms with Gasteiger partial charge in [-0.1, -0.05) is 29.8 Å². The van der Waals surface area contributed by atoms with Crippen LogP contribution in [-0.2, 0) is 4.79 Å². The monoisotopic (exact) mass is 374 g/mol. The third kappa shape index (κ3) is 4.26. The SMILES string of the molecule is CN(CC(=O)Nc1ccccc1)C(=O)c1cc(Cl)c2c(c1)OCCCO2. The standard InChI is InChI=1S/C19H19ClN2O4/c1-22(12-17(23)21-14-6-3-2-4-7-14)19(24)13-10-15(20)18-16(11-13)25-8-5-9-26-18/h2-4,6-7,10-11H,5,8-9,12H2,1H3,(H,21,23). The molecule has 3 rings (SSSR count). The lowest BCUT2D eigenvalue weighted by Gasteiger charge is -2.18. The average Bonchev–Trinajstić information content (AvgIpc) is 2.87. The first-order valence-electron chi connectivity index (χ1n) is 8.24. The zero-order chi connectivity index (χ0) is 18.5. The summed E-state index contributed by atoms with van der Waals surface area (Å²) in [5.41, 5.74) is 1.02. The molecule has 0 fully saturated rings. The number of ether oxygens (including phenoxy) is 2. The van der Waals surface area contributed by atoms with E-state index in [9.17, 15) is 9.59 Å². The van der Waals surface area contributed by atoms with E-state index in [0.717, 1.165) is 6.42 Å². The molecule has 2 aromatic rings. The van der Waals surface area contributed by atoms with Crippen LogP contribution < -0.4 is 14.8 Å². The van der Waals surface area contributed by atoms with Gasteiger partial charge in [-0.15, -0.1) is 0 Å². The fourth-order valence-electron chi connectivity index (χ4n) is 2.58. The molecule has 1 N–H and O–H groups in total. The van der Waals surface area contributed by atoms with Gasteiger partial charge in [0.25, 0.3) is 5.91 Å². The molecule has 0 bridgehead atoms. The molecule has 0 atom stereocenters. The molecule has 26 heavy (non-hydrogen) atoms. The van der Waals surface area contributed by atoms with Crippen molar-refractivity contribution >= 4 is 29.1 Å². The minimum atomic E-state index is -0.328. The number of nitrogens with one attached hydrogen (secondary N) is 1. The quantitative estimate of drug-likeness (QED) is 0.892. The predicted molar refractivity (Wildman–Crippen MR) is 99.1 cm³/mol. The van der Waals surface area contributed by atoms with E-state index >= 15 is 0 Å². The van der Waals surface area contributed by atoms with Crippen LogP contribution in [0, 0.1) is 0 Å². The van der Waals surface area contributed by atoms with E-state index in [-0.39, 0.29) is 18.4 Å². The fraction of sp³-hybridized carbons (Fsp3) is 0.263. The molecule has 0 saturated carbocycles. The van der Waals surface area contributed by atoms with E-state index in [1.165, 1.54) is 11.0 Å². The summed E-state index contributed by atoms with van der Waals surface area (Å²) in [4.78, 5) is 26.1. The van der Waals surface area contributed by atoms with Crippen molar-refractivity contribution in [1.82, 2.24) is 4.90 Å². The second-order valence-electron chi connectivity index (χ2n) is 5.91. The Morgan fingerprint density at radius 3 is 2.65 bits per heavy atom. The maximum atomic E-state index is 12.6. The Hall–Kier alpha value is -2.73. The first-order valence-corrected chi connectivity index (χ1v) is 8.62. The van der Waals surface area contributed by atoms with Crippen LogP contribution in [0.25, 0.3) is 0 Å². The highest BCUT2D eigenvalue weighted by Crippen LogP contribution is 2.38. The number of nitrogens with zero attached hydrogens (tertiary/aromatic N) is 1. The van der Waals surface area contributed by atoms with Crippen molar-refractivity contribution < 1.29 is 19.1 Å². The van der Waals surface area contributed by atoms with Gasteiger partial charge in [0, 0.05) is 24.7 Å². The molecule has 0 spiro atoms. The number of hydrogen-bond donors (Lipinski definition) is 1. The Balaban J connectivity index is 1.69. The number of benzene rings is 2. The van der Waals surface area contributed by atoms with Crippen molar-refractivity contribution in [2.75, 3.05) is 32.1 Å². The fourth-order valence-corrected chi connectivity index (χ4v) is 2.85. The Morgan fingerprint density at radius 1 is 1.15 bits per heavy atom. The van der Waals surface area contributed by atoms with E-state index in [1.807, 2.05) is 18.2 Å². The van der Waals surface area contributed by atoms with Crippen molar-refractivity contribution in [3.63, 3.8) is 0 Å². The van der Waals surface area contributed by atoms with Gasteiger partial charge < -0.3 is 19.7 Å². The smallest absolute Gasteiger partial charge is 0.254 e. The third-order valence-electron chi connectivity index (χ3n) is 3.83.